The van der Waals surface area contributed by atoms with Crippen molar-refractivity contribution in [2.75, 3.05) is 26.4 Å². The van der Waals surface area contributed by atoms with Gasteiger partial charge in [0.15, 0.2) is 18.2 Å². The van der Waals surface area contributed by atoms with Crippen LogP contribution in [0.2, 0.25) is 0 Å². The van der Waals surface area contributed by atoms with Crippen molar-refractivity contribution in [3.63, 3.8) is 0 Å². The van der Waals surface area contributed by atoms with Crippen LogP contribution in [0, 0.1) is 5.82 Å². The van der Waals surface area contributed by atoms with Crippen LogP contribution in [0.1, 0.15) is 18.4 Å². The van der Waals surface area contributed by atoms with Crippen LogP contribution in [-0.4, -0.2) is 38.3 Å². The van der Waals surface area contributed by atoms with Crippen molar-refractivity contribution in [1.82, 2.24) is 5.32 Å². The molecule has 6 heteroatoms. The summed E-state index contributed by atoms with van der Waals surface area (Å²) in [7, 11) is 0. The summed E-state index contributed by atoms with van der Waals surface area (Å²) in [5, 5.41) is 2.86. The quantitative estimate of drug-likeness (QED) is 0.821. The Morgan fingerprint density at radius 3 is 2.86 bits per heavy atom. The van der Waals surface area contributed by atoms with Gasteiger partial charge in [-0.05, 0) is 43.5 Å². The molecule has 0 saturated carbocycles. The van der Waals surface area contributed by atoms with Gasteiger partial charge in [-0.25, -0.2) is 4.39 Å². The molecule has 1 fully saturated rings. The summed E-state index contributed by atoms with van der Waals surface area (Å²) in [6, 6.07) is 4.79. The third-order valence-corrected chi connectivity index (χ3v) is 3.37. The first-order valence-corrected chi connectivity index (χ1v) is 7.17. The number of carbonyl (C=O) groups is 1. The van der Waals surface area contributed by atoms with Gasteiger partial charge < -0.3 is 20.5 Å². The van der Waals surface area contributed by atoms with Crippen molar-refractivity contribution in [3.05, 3.63) is 29.6 Å². The van der Waals surface area contributed by atoms with Gasteiger partial charge in [-0.2, -0.15) is 0 Å². The number of halogens is 1. The standard InChI is InChI=1S/C15H21FN2O3/c16-13-9-11(3-6-17)1-2-14(13)21-10-15(19)18-12-4-7-20-8-5-12/h1-2,9,12H,3-8,10,17H2,(H,18,19). The van der Waals surface area contributed by atoms with E-state index < -0.39 is 5.82 Å². The Kier molecular flexibility index (Phi) is 5.95. The van der Waals surface area contributed by atoms with E-state index >= 15 is 0 Å². The van der Waals surface area contributed by atoms with Gasteiger partial charge in [0, 0.05) is 19.3 Å². The van der Waals surface area contributed by atoms with Crippen LogP contribution >= 0.6 is 0 Å². The molecule has 1 aliphatic heterocycles. The average Bonchev–Trinajstić information content (AvgIpc) is 2.48. The smallest absolute Gasteiger partial charge is 0.258 e. The van der Waals surface area contributed by atoms with Crippen LogP contribution < -0.4 is 15.8 Å². The Hall–Kier alpha value is -1.66. The van der Waals surface area contributed by atoms with E-state index in [0.717, 1.165) is 18.4 Å². The molecular formula is C15H21FN2O3. The minimum atomic E-state index is -0.472. The van der Waals surface area contributed by atoms with E-state index in [2.05, 4.69) is 5.32 Å². The molecule has 2 rings (SSSR count). The van der Waals surface area contributed by atoms with Crippen molar-refractivity contribution in [1.29, 1.82) is 0 Å². The first kappa shape index (κ1) is 15.7. The number of hydrogen-bond acceptors (Lipinski definition) is 4. The van der Waals surface area contributed by atoms with Crippen molar-refractivity contribution in [2.45, 2.75) is 25.3 Å². The molecule has 0 spiro atoms. The number of hydrogen-bond donors (Lipinski definition) is 2. The normalized spacial score (nSPS) is 15.7. The van der Waals surface area contributed by atoms with Crippen LogP contribution in [0.25, 0.3) is 0 Å². The highest BCUT2D eigenvalue weighted by Gasteiger charge is 2.16. The van der Waals surface area contributed by atoms with E-state index in [1.54, 1.807) is 6.07 Å². The fourth-order valence-electron chi connectivity index (χ4n) is 2.24. The monoisotopic (exact) mass is 296 g/mol. The molecule has 1 saturated heterocycles. The SMILES string of the molecule is NCCc1ccc(OCC(=O)NC2CCOCC2)c(F)c1. The zero-order valence-electron chi connectivity index (χ0n) is 11.9. The zero-order valence-corrected chi connectivity index (χ0v) is 11.9. The van der Waals surface area contributed by atoms with Gasteiger partial charge >= 0.3 is 0 Å². The van der Waals surface area contributed by atoms with Crippen molar-refractivity contribution < 1.29 is 18.7 Å². The van der Waals surface area contributed by atoms with Crippen molar-refractivity contribution >= 4 is 5.91 Å². The number of amides is 1. The van der Waals surface area contributed by atoms with Crippen LogP contribution in [0.5, 0.6) is 5.75 Å². The molecule has 0 atom stereocenters. The molecule has 0 unspecified atom stereocenters. The fraction of sp³-hybridized carbons (Fsp3) is 0.533. The highest BCUT2D eigenvalue weighted by atomic mass is 19.1. The van der Waals surface area contributed by atoms with Crippen molar-refractivity contribution in [3.8, 4) is 5.75 Å². The Morgan fingerprint density at radius 1 is 1.43 bits per heavy atom. The van der Waals surface area contributed by atoms with E-state index in [0.29, 0.717) is 26.2 Å². The second-order valence-corrected chi connectivity index (χ2v) is 5.05. The molecule has 1 heterocycles. The van der Waals surface area contributed by atoms with Gasteiger partial charge in [0.25, 0.3) is 5.91 Å². The Labute approximate surface area is 123 Å². The summed E-state index contributed by atoms with van der Waals surface area (Å²) in [5.74, 6) is -0.634. The number of ether oxygens (including phenoxy) is 2. The zero-order chi connectivity index (χ0) is 15.1. The predicted octanol–water partition coefficient (Wildman–Crippen LogP) is 1.00. The molecule has 1 aromatic rings. The fourth-order valence-corrected chi connectivity index (χ4v) is 2.24. The molecule has 1 amide bonds. The molecule has 1 aliphatic rings. The third kappa shape index (κ3) is 4.99. The topological polar surface area (TPSA) is 73.6 Å². The number of nitrogens with one attached hydrogen (secondary N) is 1. The maximum Gasteiger partial charge on any atom is 0.258 e. The highest BCUT2D eigenvalue weighted by molar-refractivity contribution is 5.77. The number of rotatable bonds is 6. The largest absolute Gasteiger partial charge is 0.481 e. The Bertz CT molecular complexity index is 476. The number of carbonyl (C=O) groups excluding carboxylic acids is 1. The minimum Gasteiger partial charge on any atom is -0.481 e. The summed E-state index contributed by atoms with van der Waals surface area (Å²) in [4.78, 5) is 11.7. The predicted molar refractivity (Wildman–Crippen MR) is 76.6 cm³/mol. The summed E-state index contributed by atoms with van der Waals surface area (Å²) in [5.41, 5.74) is 6.23. The lowest BCUT2D eigenvalue weighted by molar-refractivity contribution is -0.124. The molecule has 116 valence electrons. The molecular weight excluding hydrogens is 275 g/mol. The summed E-state index contributed by atoms with van der Waals surface area (Å²) < 4.78 is 24.2. The first-order chi connectivity index (χ1) is 10.2. The molecule has 0 radical (unpaired) electrons. The van der Waals surface area contributed by atoms with E-state index in [1.165, 1.54) is 12.1 Å². The average molecular weight is 296 g/mol. The molecule has 5 nitrogen and oxygen atoms in total. The molecule has 1 aromatic carbocycles. The van der Waals surface area contributed by atoms with Crippen LogP contribution in [0.15, 0.2) is 18.2 Å². The molecule has 0 bridgehead atoms. The number of benzene rings is 1. The first-order valence-electron chi connectivity index (χ1n) is 7.17. The van der Waals surface area contributed by atoms with Crippen LogP contribution in [0.4, 0.5) is 4.39 Å². The lowest BCUT2D eigenvalue weighted by Gasteiger charge is -2.23. The summed E-state index contributed by atoms with van der Waals surface area (Å²) in [6.45, 7) is 1.59. The highest BCUT2D eigenvalue weighted by Crippen LogP contribution is 2.18. The van der Waals surface area contributed by atoms with Crippen LogP contribution in [0.3, 0.4) is 0 Å². The summed E-state index contributed by atoms with van der Waals surface area (Å²) in [6.07, 6.45) is 2.21. The van der Waals surface area contributed by atoms with E-state index in [-0.39, 0.29) is 24.3 Å². The molecule has 0 aromatic heterocycles. The van der Waals surface area contributed by atoms with Gasteiger partial charge in [0.05, 0.1) is 0 Å². The Balaban J connectivity index is 1.80. The maximum atomic E-state index is 13.8. The van der Waals surface area contributed by atoms with E-state index in [1.807, 2.05) is 0 Å². The summed E-state index contributed by atoms with van der Waals surface area (Å²) >= 11 is 0. The van der Waals surface area contributed by atoms with Gasteiger partial charge in [0.1, 0.15) is 0 Å². The van der Waals surface area contributed by atoms with Crippen molar-refractivity contribution in [2.24, 2.45) is 5.73 Å². The van der Waals surface area contributed by atoms with Gasteiger partial charge in [-0.3, -0.25) is 4.79 Å². The number of nitrogens with two attached hydrogens (primary N) is 1. The minimum absolute atomic E-state index is 0.0814. The second-order valence-electron chi connectivity index (χ2n) is 5.05. The molecule has 3 N–H and O–H groups in total. The lowest BCUT2D eigenvalue weighted by Crippen LogP contribution is -2.41. The van der Waals surface area contributed by atoms with Gasteiger partial charge in [-0.15, -0.1) is 0 Å². The van der Waals surface area contributed by atoms with Gasteiger partial charge in [0.2, 0.25) is 0 Å². The third-order valence-electron chi connectivity index (χ3n) is 3.37. The Morgan fingerprint density at radius 2 is 2.19 bits per heavy atom. The lowest BCUT2D eigenvalue weighted by atomic mass is 10.1. The van der Waals surface area contributed by atoms with E-state index in [9.17, 15) is 9.18 Å². The molecule has 21 heavy (non-hydrogen) atoms. The molecule has 0 aliphatic carbocycles. The second kappa shape index (κ2) is 7.95. The maximum absolute atomic E-state index is 13.8. The van der Waals surface area contributed by atoms with Crippen LogP contribution in [-0.2, 0) is 16.0 Å². The van der Waals surface area contributed by atoms with Gasteiger partial charge in [-0.1, -0.05) is 6.07 Å². The van der Waals surface area contributed by atoms with E-state index in [4.69, 9.17) is 15.2 Å².